The zero-order chi connectivity index (χ0) is 43.2. The van der Waals surface area contributed by atoms with Gasteiger partial charge in [0.05, 0.1) is 29.3 Å². The number of aromatic nitrogens is 2. The number of alkyl halides is 2. The average Bonchev–Trinajstić information content (AvgIpc) is 3.81. The third-order valence-electron chi connectivity index (χ3n) is 10.0. The molecular formula is C48H40F2N4. The van der Waals surface area contributed by atoms with Crippen LogP contribution in [0.4, 0.5) is 31.5 Å². The van der Waals surface area contributed by atoms with Crippen LogP contribution in [0.2, 0.25) is 0 Å². The van der Waals surface area contributed by atoms with E-state index in [9.17, 15) is 0 Å². The van der Waals surface area contributed by atoms with Crippen LogP contribution in [-0.2, 0) is 17.7 Å². The summed E-state index contributed by atoms with van der Waals surface area (Å²) in [5, 5.41) is 1.57. The van der Waals surface area contributed by atoms with E-state index in [1.54, 1.807) is 70.3 Å². The fraction of sp³-hybridized carbons (Fsp3) is 0.146. The second-order valence-electron chi connectivity index (χ2n) is 14.5. The average molecular weight is 718 g/mol. The van der Waals surface area contributed by atoms with Crippen LogP contribution < -0.4 is 9.80 Å². The minimum absolute atomic E-state index is 0.00148. The van der Waals surface area contributed by atoms with Crippen molar-refractivity contribution in [2.24, 2.45) is 0 Å². The molecule has 6 heteroatoms. The molecule has 0 aliphatic carbocycles. The molecule has 0 radical (unpaired) electrons. The maximum Gasteiger partial charge on any atom is 0.298 e. The van der Waals surface area contributed by atoms with Crippen molar-refractivity contribution >= 4 is 44.6 Å². The molecule has 6 aromatic carbocycles. The first-order valence-electron chi connectivity index (χ1n) is 21.3. The fourth-order valence-electron chi connectivity index (χ4n) is 7.27. The summed E-state index contributed by atoms with van der Waals surface area (Å²) < 4.78 is 97.1. The molecule has 0 amide bonds. The molecule has 0 N–H and O–H groups in total. The lowest BCUT2D eigenvalue weighted by Gasteiger charge is -2.28. The number of anilines is 4. The van der Waals surface area contributed by atoms with E-state index in [1.807, 2.05) is 74.2 Å². The van der Waals surface area contributed by atoms with Gasteiger partial charge in [0.2, 0.25) is 0 Å². The van der Waals surface area contributed by atoms with E-state index in [0.717, 1.165) is 16.3 Å². The lowest BCUT2D eigenvalue weighted by Crippen LogP contribution is -2.25. The molecule has 4 nitrogen and oxygen atoms in total. The van der Waals surface area contributed by atoms with Crippen molar-refractivity contribution < 1.29 is 18.4 Å². The summed E-state index contributed by atoms with van der Waals surface area (Å²) in [6, 6.07) is 34.3. The van der Waals surface area contributed by atoms with Crippen LogP contribution in [0.3, 0.4) is 0 Å². The second kappa shape index (κ2) is 13.0. The van der Waals surface area contributed by atoms with Gasteiger partial charge in [-0.1, -0.05) is 112 Å². The van der Waals surface area contributed by atoms with Crippen LogP contribution in [0.15, 0.2) is 164 Å². The zero-order valence-corrected chi connectivity index (χ0v) is 30.0. The molecular weight excluding hydrogens is 671 g/mol. The van der Waals surface area contributed by atoms with Gasteiger partial charge in [0.25, 0.3) is 5.92 Å². The molecule has 54 heavy (non-hydrogen) atoms. The Morgan fingerprint density at radius 1 is 0.630 bits per heavy atom. The van der Waals surface area contributed by atoms with Crippen molar-refractivity contribution in [3.05, 3.63) is 192 Å². The molecule has 2 aromatic heterocycles. The van der Waals surface area contributed by atoms with Crippen molar-refractivity contribution in [1.29, 1.82) is 0 Å². The van der Waals surface area contributed by atoms with E-state index in [2.05, 4.69) is 4.98 Å². The summed E-state index contributed by atoms with van der Waals surface area (Å²) >= 11 is 0. The Bertz CT molecular complexity index is 3010. The highest BCUT2D eigenvalue weighted by atomic mass is 19.3. The van der Waals surface area contributed by atoms with E-state index < -0.39 is 35.8 Å². The monoisotopic (exact) mass is 717 g/mol. The van der Waals surface area contributed by atoms with Crippen molar-refractivity contribution in [2.45, 2.75) is 38.5 Å². The highest BCUT2D eigenvalue weighted by Gasteiger charge is 2.38. The third-order valence-corrected chi connectivity index (χ3v) is 10.0. The number of rotatable bonds is 7. The van der Waals surface area contributed by atoms with Crippen LogP contribution in [0.1, 0.15) is 58.2 Å². The molecule has 266 valence electrons. The SMILES string of the molecule is [2H]c1c([2H])c([2H])c(N2CN(c3cc(C(C)(C)C)cc(C(F)(F)c4ccc5c6ccccc6n(-c6cc(C([2H])([2H])c7ccccc7)ccn6)c5c4)c3)c3ccccc32)c([2H])c1[2H]. The first-order valence-corrected chi connectivity index (χ1v) is 17.8. The van der Waals surface area contributed by atoms with Gasteiger partial charge >= 0.3 is 0 Å². The Kier molecular flexibility index (Phi) is 6.37. The second-order valence-corrected chi connectivity index (χ2v) is 14.5. The number of pyridine rings is 1. The molecule has 0 unspecified atom stereocenters. The van der Waals surface area contributed by atoms with Gasteiger partial charge in [0.15, 0.2) is 0 Å². The lowest BCUT2D eigenvalue weighted by atomic mass is 9.84. The van der Waals surface area contributed by atoms with Gasteiger partial charge in [-0.3, -0.25) is 4.57 Å². The number of fused-ring (bicyclic) bond motifs is 4. The smallest absolute Gasteiger partial charge is 0.298 e. The topological polar surface area (TPSA) is 24.3 Å². The lowest BCUT2D eigenvalue weighted by molar-refractivity contribution is 0.0428. The van der Waals surface area contributed by atoms with E-state index in [-0.39, 0.29) is 35.6 Å². The number of nitrogens with zero attached hydrogens (tertiary/aromatic N) is 4. The summed E-state index contributed by atoms with van der Waals surface area (Å²) in [6.07, 6.45) is -0.313. The first-order chi connectivity index (χ1) is 29.0. The molecule has 0 saturated heterocycles. The first kappa shape index (κ1) is 26.5. The van der Waals surface area contributed by atoms with Gasteiger partial charge in [-0.25, -0.2) is 4.98 Å². The number of benzene rings is 6. The Hall–Kier alpha value is -6.27. The highest BCUT2D eigenvalue weighted by molar-refractivity contribution is 6.09. The summed E-state index contributed by atoms with van der Waals surface area (Å²) in [4.78, 5) is 8.12. The summed E-state index contributed by atoms with van der Waals surface area (Å²) in [6.45, 7) is 5.87. The molecule has 0 bridgehead atoms. The van der Waals surface area contributed by atoms with Crippen LogP contribution in [-0.4, -0.2) is 16.2 Å². The van der Waals surface area contributed by atoms with E-state index in [1.165, 1.54) is 24.3 Å². The fourth-order valence-corrected chi connectivity index (χ4v) is 7.27. The predicted molar refractivity (Wildman–Crippen MR) is 218 cm³/mol. The van der Waals surface area contributed by atoms with Crippen molar-refractivity contribution in [3.8, 4) is 5.82 Å². The summed E-state index contributed by atoms with van der Waals surface area (Å²) in [5.74, 6) is -3.13. The minimum Gasteiger partial charge on any atom is -0.321 e. The standard InChI is InChI=1S/C48H40F2N4/c1-47(2,3)36-28-37(30-39(29-36)53-32-52(38-16-8-5-9-17-38)43-20-12-13-21-44(43)53)48(49,50)35-22-23-41-40-18-10-11-19-42(40)54(45(41)31-35)46-27-34(24-25-51-46)26-33-14-6-4-7-15-33/h4-25,27-31H,26,32H2,1-3H3/i5D,8D,9D,16D,17D,26D2. The van der Waals surface area contributed by atoms with Gasteiger partial charge in [-0.15, -0.1) is 0 Å². The molecule has 0 saturated carbocycles. The van der Waals surface area contributed by atoms with Crippen LogP contribution >= 0.6 is 0 Å². The Morgan fingerprint density at radius 2 is 1.30 bits per heavy atom. The Morgan fingerprint density at radius 3 is 2.06 bits per heavy atom. The maximum atomic E-state index is 17.5. The zero-order valence-electron chi connectivity index (χ0n) is 37.0. The van der Waals surface area contributed by atoms with Crippen molar-refractivity contribution in [3.63, 3.8) is 0 Å². The number of halogens is 2. The quantitative estimate of drug-likeness (QED) is 0.164. The molecule has 1 aliphatic heterocycles. The minimum atomic E-state index is -3.52. The van der Waals surface area contributed by atoms with Crippen LogP contribution in [0.25, 0.3) is 27.6 Å². The van der Waals surface area contributed by atoms with Gasteiger partial charge in [-0.05, 0) is 95.2 Å². The third kappa shape index (κ3) is 5.88. The normalized spacial score (nSPS) is 15.3. The number of para-hydroxylation sites is 4. The Labute approximate surface area is 324 Å². The molecule has 9 rings (SSSR count). The van der Waals surface area contributed by atoms with Gasteiger partial charge in [0, 0.05) is 42.2 Å². The van der Waals surface area contributed by atoms with E-state index >= 15 is 8.78 Å². The van der Waals surface area contributed by atoms with Gasteiger partial charge < -0.3 is 9.80 Å². The molecule has 0 spiro atoms. The van der Waals surface area contributed by atoms with Crippen molar-refractivity contribution in [2.75, 3.05) is 16.5 Å². The molecule has 8 aromatic rings. The van der Waals surface area contributed by atoms with Crippen molar-refractivity contribution in [1.82, 2.24) is 9.55 Å². The number of hydrogen-bond donors (Lipinski definition) is 0. The maximum absolute atomic E-state index is 17.5. The molecule has 0 atom stereocenters. The summed E-state index contributed by atoms with van der Waals surface area (Å²) in [5.41, 5.74) is 3.33. The largest absolute Gasteiger partial charge is 0.321 e. The highest BCUT2D eigenvalue weighted by Crippen LogP contribution is 2.47. The number of hydrogen-bond acceptors (Lipinski definition) is 3. The molecule has 0 fully saturated rings. The van der Waals surface area contributed by atoms with Gasteiger partial charge in [-0.2, -0.15) is 8.78 Å². The van der Waals surface area contributed by atoms with Crippen LogP contribution in [0.5, 0.6) is 0 Å². The van der Waals surface area contributed by atoms with Gasteiger partial charge in [0.1, 0.15) is 12.5 Å². The summed E-state index contributed by atoms with van der Waals surface area (Å²) in [7, 11) is 0. The van der Waals surface area contributed by atoms with E-state index in [0.29, 0.717) is 45.1 Å². The molecule has 1 aliphatic rings. The predicted octanol–water partition coefficient (Wildman–Crippen LogP) is 12.5. The molecule has 3 heterocycles. The van der Waals surface area contributed by atoms with Crippen LogP contribution in [0, 0.1) is 0 Å². The van der Waals surface area contributed by atoms with E-state index in [4.69, 9.17) is 9.60 Å². The Balaban J connectivity index is 1.18.